The average Bonchev–Trinajstić information content (AvgIpc) is 3.33. The minimum atomic E-state index is -0.0147. The molecule has 0 atom stereocenters. The number of imidazole rings is 1. The number of amides is 1. The maximum atomic E-state index is 13.3. The van der Waals surface area contributed by atoms with Crippen LogP contribution < -0.4 is 5.32 Å². The van der Waals surface area contributed by atoms with E-state index in [4.69, 9.17) is 4.98 Å². The number of carbonyl (C=O) groups excluding carboxylic acids is 1. The SMILES string of the molecule is O=C(NC1CCN(Cc2ccccc2)CC1)c1cccc(-c2nc3ccccc3n2Cc2ccccc2)c1. The van der Waals surface area contributed by atoms with E-state index in [1.165, 1.54) is 11.1 Å². The maximum absolute atomic E-state index is 13.3. The van der Waals surface area contributed by atoms with Crippen LogP contribution in [0.15, 0.2) is 109 Å². The first-order valence-electron chi connectivity index (χ1n) is 13.4. The van der Waals surface area contributed by atoms with E-state index in [0.29, 0.717) is 12.1 Å². The van der Waals surface area contributed by atoms with Gasteiger partial charge in [0.05, 0.1) is 11.0 Å². The van der Waals surface area contributed by atoms with Crippen LogP contribution in [0.3, 0.4) is 0 Å². The third-order valence-corrected chi connectivity index (χ3v) is 7.39. The molecule has 190 valence electrons. The van der Waals surface area contributed by atoms with Crippen molar-refractivity contribution in [3.8, 4) is 11.4 Å². The quantitative estimate of drug-likeness (QED) is 0.292. The van der Waals surface area contributed by atoms with Gasteiger partial charge < -0.3 is 9.88 Å². The number of fused-ring (bicyclic) bond motifs is 1. The Hall–Kier alpha value is -4.22. The largest absolute Gasteiger partial charge is 0.349 e. The van der Waals surface area contributed by atoms with Crippen LogP contribution in [0.2, 0.25) is 0 Å². The fraction of sp³-hybridized carbons (Fsp3) is 0.212. The Morgan fingerprint density at radius 2 is 1.42 bits per heavy atom. The summed E-state index contributed by atoms with van der Waals surface area (Å²) in [6.45, 7) is 3.66. The van der Waals surface area contributed by atoms with Crippen molar-refractivity contribution >= 4 is 16.9 Å². The summed E-state index contributed by atoms with van der Waals surface area (Å²) < 4.78 is 2.24. The van der Waals surface area contributed by atoms with Gasteiger partial charge in [-0.2, -0.15) is 0 Å². The molecule has 6 rings (SSSR count). The molecule has 0 aliphatic carbocycles. The molecular weight excluding hydrogens is 468 g/mol. The minimum Gasteiger partial charge on any atom is -0.349 e. The predicted molar refractivity (Wildman–Crippen MR) is 153 cm³/mol. The molecule has 0 spiro atoms. The van der Waals surface area contributed by atoms with E-state index in [0.717, 1.165) is 54.9 Å². The lowest BCUT2D eigenvalue weighted by Crippen LogP contribution is -2.44. The van der Waals surface area contributed by atoms with Crippen LogP contribution >= 0.6 is 0 Å². The molecule has 5 heteroatoms. The van der Waals surface area contributed by atoms with Crippen LogP contribution in [-0.4, -0.2) is 39.5 Å². The van der Waals surface area contributed by atoms with E-state index in [2.05, 4.69) is 75.4 Å². The predicted octanol–water partition coefficient (Wildman–Crippen LogP) is 6.15. The molecule has 1 amide bonds. The summed E-state index contributed by atoms with van der Waals surface area (Å²) in [6, 6.07) is 37.3. The molecule has 4 aromatic carbocycles. The molecule has 0 saturated carbocycles. The first-order chi connectivity index (χ1) is 18.7. The van der Waals surface area contributed by atoms with Crippen molar-refractivity contribution in [1.29, 1.82) is 0 Å². The van der Waals surface area contributed by atoms with Gasteiger partial charge in [0, 0.05) is 43.3 Å². The van der Waals surface area contributed by atoms with Gasteiger partial charge in [-0.1, -0.05) is 84.9 Å². The van der Waals surface area contributed by atoms with Gasteiger partial charge in [0.25, 0.3) is 5.91 Å². The number of likely N-dealkylation sites (tertiary alicyclic amines) is 1. The molecule has 0 bridgehead atoms. The molecular formula is C33H32N4O. The highest BCUT2D eigenvalue weighted by Gasteiger charge is 2.22. The zero-order valence-corrected chi connectivity index (χ0v) is 21.5. The molecule has 1 saturated heterocycles. The fourth-order valence-corrected chi connectivity index (χ4v) is 5.37. The van der Waals surface area contributed by atoms with E-state index in [9.17, 15) is 4.79 Å². The molecule has 2 heterocycles. The summed E-state index contributed by atoms with van der Waals surface area (Å²) in [4.78, 5) is 20.7. The minimum absolute atomic E-state index is 0.0147. The standard InChI is InChI=1S/C33H32N4O/c38-33(34-29-18-20-36(21-19-29)23-25-10-3-1-4-11-25)28-15-9-14-27(22-28)32-35-30-16-7-8-17-31(30)37(32)24-26-12-5-2-6-13-26/h1-17,22,29H,18-21,23-24H2,(H,34,38). The molecule has 1 aliphatic heterocycles. The van der Waals surface area contributed by atoms with E-state index >= 15 is 0 Å². The fourth-order valence-electron chi connectivity index (χ4n) is 5.37. The molecule has 5 aromatic rings. The molecule has 0 radical (unpaired) electrons. The van der Waals surface area contributed by atoms with Gasteiger partial charge in [0.2, 0.25) is 0 Å². The van der Waals surface area contributed by atoms with Crippen LogP contribution in [0.4, 0.5) is 0 Å². The highest BCUT2D eigenvalue weighted by molar-refractivity contribution is 5.95. The van der Waals surface area contributed by atoms with E-state index in [-0.39, 0.29) is 11.9 Å². The average molecular weight is 501 g/mol. The molecule has 1 N–H and O–H groups in total. The Labute approximate surface area is 223 Å². The number of piperidine rings is 1. The smallest absolute Gasteiger partial charge is 0.251 e. The first-order valence-corrected chi connectivity index (χ1v) is 13.4. The second kappa shape index (κ2) is 11.0. The van der Waals surface area contributed by atoms with Crippen LogP contribution in [0.5, 0.6) is 0 Å². The number of aromatic nitrogens is 2. The number of hydrogen-bond donors (Lipinski definition) is 1. The molecule has 38 heavy (non-hydrogen) atoms. The molecule has 5 nitrogen and oxygen atoms in total. The van der Waals surface area contributed by atoms with Crippen molar-refractivity contribution in [3.63, 3.8) is 0 Å². The number of rotatable bonds is 7. The number of nitrogens with zero attached hydrogens (tertiary/aromatic N) is 3. The topological polar surface area (TPSA) is 50.2 Å². The Morgan fingerprint density at radius 3 is 2.16 bits per heavy atom. The summed E-state index contributed by atoms with van der Waals surface area (Å²) in [6.07, 6.45) is 1.93. The highest BCUT2D eigenvalue weighted by Crippen LogP contribution is 2.27. The van der Waals surface area contributed by atoms with E-state index in [1.807, 2.05) is 48.5 Å². The maximum Gasteiger partial charge on any atom is 0.251 e. The van der Waals surface area contributed by atoms with E-state index < -0.39 is 0 Å². The van der Waals surface area contributed by atoms with Crippen LogP contribution in [-0.2, 0) is 13.1 Å². The highest BCUT2D eigenvalue weighted by atomic mass is 16.1. The van der Waals surface area contributed by atoms with Crippen molar-refractivity contribution in [2.75, 3.05) is 13.1 Å². The summed E-state index contributed by atoms with van der Waals surface area (Å²) in [7, 11) is 0. The van der Waals surface area contributed by atoms with Crippen LogP contribution in [0.25, 0.3) is 22.4 Å². The van der Waals surface area contributed by atoms with Crippen molar-refractivity contribution in [2.24, 2.45) is 0 Å². The molecule has 1 fully saturated rings. The number of nitrogens with one attached hydrogen (secondary N) is 1. The Bertz CT molecular complexity index is 1520. The Balaban J connectivity index is 1.17. The number of carbonyl (C=O) groups is 1. The van der Waals surface area contributed by atoms with Gasteiger partial charge >= 0.3 is 0 Å². The van der Waals surface area contributed by atoms with Crippen LogP contribution in [0.1, 0.15) is 34.3 Å². The van der Waals surface area contributed by atoms with Gasteiger partial charge in [-0.05, 0) is 48.2 Å². The van der Waals surface area contributed by atoms with Gasteiger partial charge in [-0.15, -0.1) is 0 Å². The van der Waals surface area contributed by atoms with Crippen molar-refractivity contribution in [2.45, 2.75) is 32.0 Å². The lowest BCUT2D eigenvalue weighted by Gasteiger charge is -2.32. The van der Waals surface area contributed by atoms with E-state index in [1.54, 1.807) is 0 Å². The molecule has 1 aliphatic rings. The zero-order chi connectivity index (χ0) is 25.7. The lowest BCUT2D eigenvalue weighted by molar-refractivity contribution is 0.0909. The normalized spacial score (nSPS) is 14.5. The summed E-state index contributed by atoms with van der Waals surface area (Å²) in [5.74, 6) is 0.859. The zero-order valence-electron chi connectivity index (χ0n) is 21.5. The second-order valence-electron chi connectivity index (χ2n) is 10.1. The van der Waals surface area contributed by atoms with Gasteiger partial charge in [-0.3, -0.25) is 9.69 Å². The third kappa shape index (κ3) is 5.38. The molecule has 1 aromatic heterocycles. The van der Waals surface area contributed by atoms with Crippen molar-refractivity contribution in [3.05, 3.63) is 126 Å². The van der Waals surface area contributed by atoms with Crippen LogP contribution in [0, 0.1) is 0 Å². The summed E-state index contributed by atoms with van der Waals surface area (Å²) >= 11 is 0. The van der Waals surface area contributed by atoms with Gasteiger partial charge in [-0.25, -0.2) is 4.98 Å². The van der Waals surface area contributed by atoms with Gasteiger partial charge in [0.1, 0.15) is 5.82 Å². The molecule has 0 unspecified atom stereocenters. The Morgan fingerprint density at radius 1 is 0.763 bits per heavy atom. The number of para-hydroxylation sites is 2. The second-order valence-corrected chi connectivity index (χ2v) is 10.1. The van der Waals surface area contributed by atoms with Gasteiger partial charge in [0.15, 0.2) is 0 Å². The lowest BCUT2D eigenvalue weighted by atomic mass is 10.0. The Kier molecular flexibility index (Phi) is 7.01. The monoisotopic (exact) mass is 500 g/mol. The summed E-state index contributed by atoms with van der Waals surface area (Å²) in [5.41, 5.74) is 6.21. The third-order valence-electron chi connectivity index (χ3n) is 7.39. The summed E-state index contributed by atoms with van der Waals surface area (Å²) in [5, 5.41) is 3.29. The number of benzene rings is 4. The van der Waals surface area contributed by atoms with Crippen molar-refractivity contribution in [1.82, 2.24) is 19.8 Å². The first kappa shape index (κ1) is 24.1. The number of hydrogen-bond acceptors (Lipinski definition) is 3. The van der Waals surface area contributed by atoms with Crippen molar-refractivity contribution < 1.29 is 4.79 Å².